The number of rotatable bonds is 7. The monoisotopic (exact) mass is 281 g/mol. The second-order valence-electron chi connectivity index (χ2n) is 4.82. The van der Waals surface area contributed by atoms with Crippen LogP contribution in [0.5, 0.6) is 5.75 Å². The molecule has 0 saturated carbocycles. The van der Waals surface area contributed by atoms with Gasteiger partial charge in [-0.05, 0) is 50.4 Å². The van der Waals surface area contributed by atoms with Crippen LogP contribution in [0.1, 0.15) is 24.8 Å². The van der Waals surface area contributed by atoms with Crippen LogP contribution in [0.2, 0.25) is 0 Å². The van der Waals surface area contributed by atoms with Crippen LogP contribution in [0.3, 0.4) is 0 Å². The predicted octanol–water partition coefficient (Wildman–Crippen LogP) is 3.09. The molecule has 0 heterocycles. The molecule has 1 rings (SSSR count). The van der Waals surface area contributed by atoms with E-state index in [0.717, 1.165) is 24.3 Å². The number of nitrogens with zero attached hydrogens (tertiary/aromatic N) is 1. The van der Waals surface area contributed by atoms with Gasteiger partial charge in [0, 0.05) is 12.5 Å². The number of methoxy groups -OCH3 is 1. The number of benzene rings is 1. The Balaban J connectivity index is 2.42. The van der Waals surface area contributed by atoms with Gasteiger partial charge in [0.05, 0.1) is 13.7 Å². The van der Waals surface area contributed by atoms with Crippen molar-refractivity contribution < 1.29 is 9.47 Å². The van der Waals surface area contributed by atoms with E-state index in [9.17, 15) is 0 Å². The average molecular weight is 281 g/mol. The van der Waals surface area contributed by atoms with E-state index in [4.69, 9.17) is 21.7 Å². The van der Waals surface area contributed by atoms with Crippen molar-refractivity contribution in [3.05, 3.63) is 29.8 Å². The van der Waals surface area contributed by atoms with E-state index in [0.29, 0.717) is 11.7 Å². The summed E-state index contributed by atoms with van der Waals surface area (Å²) in [6.07, 6.45) is 0.989. The van der Waals surface area contributed by atoms with Crippen LogP contribution in [0.4, 0.5) is 0 Å². The second kappa shape index (κ2) is 8.12. The van der Waals surface area contributed by atoms with Gasteiger partial charge in [0.1, 0.15) is 5.75 Å². The summed E-state index contributed by atoms with van der Waals surface area (Å²) in [6, 6.07) is 7.94. The molecule has 4 heteroatoms. The Hall–Kier alpha value is -1.13. The summed E-state index contributed by atoms with van der Waals surface area (Å²) >= 11 is 5.33. The number of ether oxygens (including phenoxy) is 2. The quantitative estimate of drug-likeness (QED) is 0.565. The molecule has 0 aromatic heterocycles. The first kappa shape index (κ1) is 15.9. The minimum absolute atomic E-state index is 0.125. The molecule has 1 aromatic carbocycles. The second-order valence-corrected chi connectivity index (χ2v) is 5.22. The first-order valence-corrected chi connectivity index (χ1v) is 6.90. The van der Waals surface area contributed by atoms with Gasteiger partial charge in [-0.2, -0.15) is 0 Å². The predicted molar refractivity (Wildman–Crippen MR) is 83.1 cm³/mol. The minimum atomic E-state index is 0.125. The molecule has 0 aliphatic carbocycles. The van der Waals surface area contributed by atoms with Crippen LogP contribution < -0.4 is 4.74 Å². The van der Waals surface area contributed by atoms with E-state index in [2.05, 4.69) is 25.9 Å². The van der Waals surface area contributed by atoms with Crippen LogP contribution in [0, 0.1) is 0 Å². The zero-order valence-electron chi connectivity index (χ0n) is 12.2. The first-order chi connectivity index (χ1) is 9.04. The molecule has 1 unspecified atom stereocenters. The SMILES string of the molecule is COc1ccc(C(C)C(=S)OCCCN(C)C)cc1. The molecule has 3 nitrogen and oxygen atoms in total. The maximum Gasteiger partial charge on any atom is 0.166 e. The minimum Gasteiger partial charge on any atom is -0.497 e. The maximum atomic E-state index is 5.64. The van der Waals surface area contributed by atoms with Gasteiger partial charge < -0.3 is 14.4 Å². The van der Waals surface area contributed by atoms with E-state index >= 15 is 0 Å². The van der Waals surface area contributed by atoms with Crippen molar-refractivity contribution in [2.45, 2.75) is 19.3 Å². The number of hydrogen-bond donors (Lipinski definition) is 0. The van der Waals surface area contributed by atoms with Gasteiger partial charge in [-0.1, -0.05) is 19.1 Å². The Kier molecular flexibility index (Phi) is 6.81. The van der Waals surface area contributed by atoms with Crippen molar-refractivity contribution in [1.82, 2.24) is 4.90 Å². The fraction of sp³-hybridized carbons (Fsp3) is 0.533. The molecule has 0 bridgehead atoms. The highest BCUT2D eigenvalue weighted by Crippen LogP contribution is 2.21. The molecule has 0 aliphatic heterocycles. The van der Waals surface area contributed by atoms with Crippen molar-refractivity contribution in [3.63, 3.8) is 0 Å². The number of thiocarbonyl (C=S) groups is 1. The normalized spacial score (nSPS) is 12.3. The van der Waals surface area contributed by atoms with Crippen molar-refractivity contribution in [3.8, 4) is 5.75 Å². The zero-order valence-corrected chi connectivity index (χ0v) is 13.0. The van der Waals surface area contributed by atoms with Crippen molar-refractivity contribution in [2.24, 2.45) is 0 Å². The molecular weight excluding hydrogens is 258 g/mol. The summed E-state index contributed by atoms with van der Waals surface area (Å²) in [4.78, 5) is 2.14. The third-order valence-electron chi connectivity index (χ3n) is 2.96. The fourth-order valence-corrected chi connectivity index (χ4v) is 1.93. The highest BCUT2D eigenvalue weighted by Gasteiger charge is 2.12. The van der Waals surface area contributed by atoms with E-state index in [-0.39, 0.29) is 5.92 Å². The summed E-state index contributed by atoms with van der Waals surface area (Å²) in [5.74, 6) is 0.981. The lowest BCUT2D eigenvalue weighted by molar-refractivity contribution is 0.269. The van der Waals surface area contributed by atoms with Crippen LogP contribution in [0.15, 0.2) is 24.3 Å². The van der Waals surface area contributed by atoms with E-state index in [1.165, 1.54) is 0 Å². The third kappa shape index (κ3) is 5.57. The molecule has 0 N–H and O–H groups in total. The van der Waals surface area contributed by atoms with Gasteiger partial charge in [0.15, 0.2) is 5.05 Å². The van der Waals surface area contributed by atoms with Crippen molar-refractivity contribution in [1.29, 1.82) is 0 Å². The molecule has 0 fully saturated rings. The van der Waals surface area contributed by atoms with Crippen LogP contribution in [0.25, 0.3) is 0 Å². The van der Waals surface area contributed by atoms with Gasteiger partial charge in [-0.3, -0.25) is 0 Å². The molecule has 0 aliphatic rings. The van der Waals surface area contributed by atoms with Crippen LogP contribution in [-0.2, 0) is 4.74 Å². The molecule has 1 aromatic rings. The molecule has 106 valence electrons. The van der Waals surface area contributed by atoms with E-state index in [1.807, 2.05) is 24.3 Å². The fourth-order valence-electron chi connectivity index (χ4n) is 1.71. The molecule has 19 heavy (non-hydrogen) atoms. The highest BCUT2D eigenvalue weighted by atomic mass is 32.1. The number of hydrogen-bond acceptors (Lipinski definition) is 4. The van der Waals surface area contributed by atoms with E-state index < -0.39 is 0 Å². The summed E-state index contributed by atoms with van der Waals surface area (Å²) in [7, 11) is 5.77. The van der Waals surface area contributed by atoms with Gasteiger partial charge in [0.2, 0.25) is 0 Å². The first-order valence-electron chi connectivity index (χ1n) is 6.50. The molecular formula is C15H23NO2S. The van der Waals surface area contributed by atoms with Gasteiger partial charge in [-0.25, -0.2) is 0 Å². The van der Waals surface area contributed by atoms with Gasteiger partial charge in [-0.15, -0.1) is 0 Å². The van der Waals surface area contributed by atoms with Crippen LogP contribution in [-0.4, -0.2) is 44.3 Å². The Morgan fingerprint density at radius 1 is 1.26 bits per heavy atom. The molecule has 0 spiro atoms. The zero-order chi connectivity index (χ0) is 14.3. The molecule has 1 atom stereocenters. The largest absolute Gasteiger partial charge is 0.497 e. The maximum absolute atomic E-state index is 5.64. The standard InChI is InChI=1S/C15H23NO2S/c1-12(13-6-8-14(17-4)9-7-13)15(19)18-11-5-10-16(2)3/h6-9,12H,5,10-11H2,1-4H3. The average Bonchev–Trinajstić information content (AvgIpc) is 2.42. The lowest BCUT2D eigenvalue weighted by Crippen LogP contribution is -2.17. The summed E-state index contributed by atoms with van der Waals surface area (Å²) in [5, 5.41) is 0.656. The third-order valence-corrected chi connectivity index (χ3v) is 3.43. The topological polar surface area (TPSA) is 21.7 Å². The van der Waals surface area contributed by atoms with Gasteiger partial charge in [0.25, 0.3) is 0 Å². The Morgan fingerprint density at radius 2 is 1.89 bits per heavy atom. The Labute approximate surface area is 121 Å². The summed E-state index contributed by atoms with van der Waals surface area (Å²) in [6.45, 7) is 3.76. The molecule has 0 saturated heterocycles. The summed E-state index contributed by atoms with van der Waals surface area (Å²) < 4.78 is 10.8. The Bertz CT molecular complexity index is 390. The summed E-state index contributed by atoms with van der Waals surface area (Å²) in [5.41, 5.74) is 1.15. The lowest BCUT2D eigenvalue weighted by atomic mass is 10.0. The highest BCUT2D eigenvalue weighted by molar-refractivity contribution is 7.80. The van der Waals surface area contributed by atoms with Crippen molar-refractivity contribution >= 4 is 17.3 Å². The molecule has 0 radical (unpaired) electrons. The lowest BCUT2D eigenvalue weighted by Gasteiger charge is -2.16. The van der Waals surface area contributed by atoms with Crippen LogP contribution >= 0.6 is 12.2 Å². The van der Waals surface area contributed by atoms with E-state index in [1.54, 1.807) is 7.11 Å². The van der Waals surface area contributed by atoms with Crippen molar-refractivity contribution in [2.75, 3.05) is 34.4 Å². The molecule has 0 amide bonds. The Morgan fingerprint density at radius 3 is 2.42 bits per heavy atom. The van der Waals surface area contributed by atoms with Gasteiger partial charge >= 0.3 is 0 Å². The smallest absolute Gasteiger partial charge is 0.166 e.